The fourth-order valence-corrected chi connectivity index (χ4v) is 3.04. The van der Waals surface area contributed by atoms with Gasteiger partial charge in [0.25, 0.3) is 0 Å². The van der Waals surface area contributed by atoms with E-state index >= 15 is 0 Å². The van der Waals surface area contributed by atoms with Crippen LogP contribution in [0.1, 0.15) is 41.5 Å². The van der Waals surface area contributed by atoms with Crippen molar-refractivity contribution in [2.75, 3.05) is 33.8 Å². The molecule has 2 N–H and O–H groups in total. The summed E-state index contributed by atoms with van der Waals surface area (Å²) >= 11 is 0. The van der Waals surface area contributed by atoms with Crippen molar-refractivity contribution >= 4 is 18.0 Å². The number of amides is 1. The van der Waals surface area contributed by atoms with Crippen LogP contribution in [0, 0.1) is 17.8 Å². The van der Waals surface area contributed by atoms with E-state index in [4.69, 9.17) is 9.47 Å². The minimum absolute atomic E-state index is 0.118. The number of esters is 1. The van der Waals surface area contributed by atoms with Crippen LogP contribution in [0.5, 0.6) is 0 Å². The first-order valence-electron chi connectivity index (χ1n) is 9.51. The molecule has 1 aliphatic heterocycles. The Morgan fingerprint density at radius 3 is 2.37 bits per heavy atom. The number of carbonyl (C=O) groups excluding carboxylic acids is 2. The van der Waals surface area contributed by atoms with Gasteiger partial charge in [-0.05, 0) is 32.6 Å². The SMILES string of the molecule is CN=C(NCC(NC(=O)OC(C)(C)C)C(C)C)N1CC(C)C(C(=O)OC)C1. The second-order valence-corrected chi connectivity index (χ2v) is 8.44. The lowest BCUT2D eigenvalue weighted by molar-refractivity contribution is -0.145. The Morgan fingerprint density at radius 1 is 1.26 bits per heavy atom. The quantitative estimate of drug-likeness (QED) is 0.427. The molecule has 0 radical (unpaired) electrons. The van der Waals surface area contributed by atoms with E-state index in [2.05, 4.69) is 20.5 Å². The summed E-state index contributed by atoms with van der Waals surface area (Å²) < 4.78 is 10.2. The largest absolute Gasteiger partial charge is 0.469 e. The van der Waals surface area contributed by atoms with E-state index in [1.807, 2.05) is 41.5 Å². The van der Waals surface area contributed by atoms with Crippen molar-refractivity contribution in [1.82, 2.24) is 15.5 Å². The summed E-state index contributed by atoms with van der Waals surface area (Å²) in [5.74, 6) is 0.770. The van der Waals surface area contributed by atoms with Crippen LogP contribution in [0.25, 0.3) is 0 Å². The molecular formula is C19H36N4O4. The Bertz CT molecular complexity index is 542. The number of nitrogens with zero attached hydrogens (tertiary/aromatic N) is 2. The molecule has 0 aromatic carbocycles. The Kier molecular flexibility index (Phi) is 8.37. The molecule has 1 fully saturated rings. The molecule has 1 rings (SSSR count). The first kappa shape index (κ1) is 23.0. The number of carbonyl (C=O) groups is 2. The summed E-state index contributed by atoms with van der Waals surface area (Å²) in [4.78, 5) is 30.4. The molecule has 0 saturated carbocycles. The molecule has 27 heavy (non-hydrogen) atoms. The standard InChI is InChI=1S/C19H36N4O4/c1-12(2)15(22-18(25)27-19(4,5)6)9-21-17(20-7)23-10-13(3)14(11-23)16(24)26-8/h12-15H,9-11H2,1-8H3,(H,20,21)(H,22,25). The van der Waals surface area contributed by atoms with Gasteiger partial charge in [-0.1, -0.05) is 20.8 Å². The van der Waals surface area contributed by atoms with E-state index in [-0.39, 0.29) is 29.8 Å². The highest BCUT2D eigenvalue weighted by molar-refractivity contribution is 5.82. The third-order valence-electron chi connectivity index (χ3n) is 4.61. The van der Waals surface area contributed by atoms with Crippen molar-refractivity contribution in [2.45, 2.75) is 53.2 Å². The van der Waals surface area contributed by atoms with Gasteiger partial charge in [0, 0.05) is 26.7 Å². The fraction of sp³-hybridized carbons (Fsp3) is 0.842. The van der Waals surface area contributed by atoms with Crippen molar-refractivity contribution in [2.24, 2.45) is 22.7 Å². The van der Waals surface area contributed by atoms with Crippen LogP contribution in [-0.2, 0) is 14.3 Å². The second-order valence-electron chi connectivity index (χ2n) is 8.44. The zero-order valence-electron chi connectivity index (χ0n) is 18.0. The summed E-state index contributed by atoms with van der Waals surface area (Å²) in [5, 5.41) is 6.23. The van der Waals surface area contributed by atoms with Crippen LogP contribution in [0.15, 0.2) is 4.99 Å². The van der Waals surface area contributed by atoms with Crippen molar-refractivity contribution in [3.05, 3.63) is 0 Å². The lowest BCUT2D eigenvalue weighted by atomic mass is 9.99. The van der Waals surface area contributed by atoms with Gasteiger partial charge >= 0.3 is 12.1 Å². The molecular weight excluding hydrogens is 348 g/mol. The Balaban J connectivity index is 2.66. The van der Waals surface area contributed by atoms with Gasteiger partial charge in [-0.25, -0.2) is 4.79 Å². The van der Waals surface area contributed by atoms with Gasteiger partial charge < -0.3 is 25.0 Å². The molecule has 1 saturated heterocycles. The third-order valence-corrected chi connectivity index (χ3v) is 4.61. The number of guanidine groups is 1. The molecule has 8 nitrogen and oxygen atoms in total. The number of ether oxygens (including phenoxy) is 2. The van der Waals surface area contributed by atoms with E-state index in [1.54, 1.807) is 7.05 Å². The maximum absolute atomic E-state index is 12.1. The number of nitrogens with one attached hydrogen (secondary N) is 2. The maximum Gasteiger partial charge on any atom is 0.407 e. The summed E-state index contributed by atoms with van der Waals surface area (Å²) in [5.41, 5.74) is -0.538. The molecule has 1 aliphatic rings. The number of rotatable bonds is 5. The van der Waals surface area contributed by atoms with E-state index in [9.17, 15) is 9.59 Å². The number of alkyl carbamates (subject to hydrolysis) is 1. The first-order valence-corrected chi connectivity index (χ1v) is 9.51. The van der Waals surface area contributed by atoms with E-state index in [0.29, 0.717) is 19.0 Å². The molecule has 1 heterocycles. The van der Waals surface area contributed by atoms with Crippen LogP contribution >= 0.6 is 0 Å². The third kappa shape index (κ3) is 7.27. The molecule has 1 amide bonds. The van der Waals surface area contributed by atoms with Gasteiger partial charge in [0.05, 0.1) is 19.1 Å². The summed E-state index contributed by atoms with van der Waals surface area (Å²) in [6.45, 7) is 13.4. The van der Waals surface area contributed by atoms with Gasteiger partial charge in [-0.3, -0.25) is 9.79 Å². The highest BCUT2D eigenvalue weighted by atomic mass is 16.6. The highest BCUT2D eigenvalue weighted by Gasteiger charge is 2.37. The Labute approximate surface area is 163 Å². The number of aliphatic imine (C=N–C) groups is 1. The van der Waals surface area contributed by atoms with Crippen LogP contribution in [-0.4, -0.2) is 68.4 Å². The molecule has 156 valence electrons. The van der Waals surface area contributed by atoms with E-state index in [0.717, 1.165) is 6.54 Å². The van der Waals surface area contributed by atoms with E-state index < -0.39 is 11.7 Å². The van der Waals surface area contributed by atoms with Crippen molar-refractivity contribution < 1.29 is 19.1 Å². The molecule has 3 atom stereocenters. The first-order chi connectivity index (χ1) is 12.5. The lowest BCUT2D eigenvalue weighted by Gasteiger charge is -2.28. The Morgan fingerprint density at radius 2 is 1.89 bits per heavy atom. The second kappa shape index (κ2) is 9.80. The highest BCUT2D eigenvalue weighted by Crippen LogP contribution is 2.24. The van der Waals surface area contributed by atoms with Crippen molar-refractivity contribution in [3.8, 4) is 0 Å². The molecule has 0 aromatic heterocycles. The summed E-state index contributed by atoms with van der Waals surface area (Å²) in [7, 11) is 3.13. The van der Waals surface area contributed by atoms with Crippen LogP contribution in [0.4, 0.5) is 4.79 Å². The number of hydrogen-bond acceptors (Lipinski definition) is 5. The lowest BCUT2D eigenvalue weighted by Crippen LogP contribution is -2.50. The van der Waals surface area contributed by atoms with Gasteiger partial charge in [0.15, 0.2) is 5.96 Å². The predicted molar refractivity (Wildman–Crippen MR) is 106 cm³/mol. The smallest absolute Gasteiger partial charge is 0.407 e. The fourth-order valence-electron chi connectivity index (χ4n) is 3.04. The molecule has 3 unspecified atom stereocenters. The Hall–Kier alpha value is -1.99. The molecule has 0 aromatic rings. The van der Waals surface area contributed by atoms with Crippen LogP contribution in [0.3, 0.4) is 0 Å². The van der Waals surface area contributed by atoms with Crippen molar-refractivity contribution in [1.29, 1.82) is 0 Å². The zero-order valence-corrected chi connectivity index (χ0v) is 18.0. The van der Waals surface area contributed by atoms with Gasteiger partial charge in [0.2, 0.25) is 0 Å². The van der Waals surface area contributed by atoms with Gasteiger partial charge in [-0.15, -0.1) is 0 Å². The molecule has 0 bridgehead atoms. The molecule has 0 aliphatic carbocycles. The van der Waals surface area contributed by atoms with Gasteiger partial charge in [0.1, 0.15) is 5.60 Å². The molecule has 8 heteroatoms. The normalized spacial score (nSPS) is 21.8. The summed E-state index contributed by atoms with van der Waals surface area (Å²) in [6, 6.07) is -0.118. The maximum atomic E-state index is 12.1. The number of hydrogen-bond donors (Lipinski definition) is 2. The monoisotopic (exact) mass is 384 g/mol. The minimum Gasteiger partial charge on any atom is -0.469 e. The van der Waals surface area contributed by atoms with E-state index in [1.165, 1.54) is 7.11 Å². The molecule has 0 spiro atoms. The van der Waals surface area contributed by atoms with Crippen LogP contribution in [0.2, 0.25) is 0 Å². The number of likely N-dealkylation sites (tertiary alicyclic amines) is 1. The zero-order chi connectivity index (χ0) is 20.8. The van der Waals surface area contributed by atoms with Crippen LogP contribution < -0.4 is 10.6 Å². The average molecular weight is 385 g/mol. The van der Waals surface area contributed by atoms with Crippen molar-refractivity contribution in [3.63, 3.8) is 0 Å². The predicted octanol–water partition coefficient (Wildman–Crippen LogP) is 1.85. The summed E-state index contributed by atoms with van der Waals surface area (Å²) in [6.07, 6.45) is -0.432. The minimum atomic E-state index is -0.538. The van der Waals surface area contributed by atoms with Gasteiger partial charge in [-0.2, -0.15) is 0 Å². The average Bonchev–Trinajstić information content (AvgIpc) is 2.93. The topological polar surface area (TPSA) is 92.3 Å². The number of methoxy groups -OCH3 is 1.